The summed E-state index contributed by atoms with van der Waals surface area (Å²) in [6, 6.07) is 9.86. The molecule has 6 nitrogen and oxygen atoms in total. The summed E-state index contributed by atoms with van der Waals surface area (Å²) in [5.74, 6) is 0.682. The third kappa shape index (κ3) is 3.65. The van der Waals surface area contributed by atoms with Crippen LogP contribution >= 0.6 is 23.1 Å². The normalized spacial score (nSPS) is 12.1. The van der Waals surface area contributed by atoms with Gasteiger partial charge in [0.2, 0.25) is 5.91 Å². The van der Waals surface area contributed by atoms with Gasteiger partial charge in [-0.05, 0) is 32.9 Å². The highest BCUT2D eigenvalue weighted by Crippen LogP contribution is 2.26. The van der Waals surface area contributed by atoms with Crippen molar-refractivity contribution in [2.75, 3.05) is 5.32 Å². The lowest BCUT2D eigenvalue weighted by Crippen LogP contribution is -2.22. The number of nitrogens with one attached hydrogen (secondary N) is 1. The van der Waals surface area contributed by atoms with Crippen LogP contribution in [0.2, 0.25) is 0 Å². The molecule has 124 valence electrons. The Morgan fingerprint density at radius 1 is 1.25 bits per heavy atom. The summed E-state index contributed by atoms with van der Waals surface area (Å²) in [7, 11) is 0. The van der Waals surface area contributed by atoms with Crippen LogP contribution < -0.4 is 5.32 Å². The maximum absolute atomic E-state index is 12.4. The number of anilines is 1. The lowest BCUT2D eigenvalue weighted by molar-refractivity contribution is -0.115. The highest BCUT2D eigenvalue weighted by Gasteiger charge is 2.20. The van der Waals surface area contributed by atoms with Gasteiger partial charge < -0.3 is 5.32 Å². The van der Waals surface area contributed by atoms with Crippen LogP contribution in [0.4, 0.5) is 5.13 Å². The number of nitrogens with zero attached hydrogens (tertiary/aromatic N) is 4. The molecular formula is C16H17N5OS2. The molecule has 8 heteroatoms. The molecule has 0 saturated carbocycles. The predicted molar refractivity (Wildman–Crippen MR) is 96.9 cm³/mol. The van der Waals surface area contributed by atoms with Gasteiger partial charge in [0.05, 0.1) is 10.9 Å². The standard InChI is InChI=1S/C16H17N5OS2/c1-10-9-23-15(17-10)18-14(22)11(2)24-16-20-19-12(3)21(16)13-7-5-4-6-8-13/h4-9,11H,1-3H3,(H,17,18,22). The van der Waals surface area contributed by atoms with Crippen molar-refractivity contribution in [3.05, 3.63) is 47.2 Å². The van der Waals surface area contributed by atoms with Crippen molar-refractivity contribution >= 4 is 34.1 Å². The molecule has 0 fully saturated rings. The van der Waals surface area contributed by atoms with E-state index in [1.165, 1.54) is 23.1 Å². The van der Waals surface area contributed by atoms with E-state index in [1.54, 1.807) is 0 Å². The van der Waals surface area contributed by atoms with Gasteiger partial charge in [0, 0.05) is 11.1 Å². The Morgan fingerprint density at radius 2 is 2.00 bits per heavy atom. The molecule has 0 bridgehead atoms. The number of para-hydroxylation sites is 1. The minimum absolute atomic E-state index is 0.102. The van der Waals surface area contributed by atoms with Gasteiger partial charge in [0.15, 0.2) is 10.3 Å². The van der Waals surface area contributed by atoms with Gasteiger partial charge in [-0.1, -0.05) is 30.0 Å². The largest absolute Gasteiger partial charge is 0.301 e. The van der Waals surface area contributed by atoms with E-state index in [1.807, 2.05) is 61.1 Å². The molecule has 0 aliphatic heterocycles. The number of carbonyl (C=O) groups is 1. The number of thioether (sulfide) groups is 1. The van der Waals surface area contributed by atoms with Crippen molar-refractivity contribution < 1.29 is 4.79 Å². The Labute approximate surface area is 148 Å². The fraction of sp³-hybridized carbons (Fsp3) is 0.250. The van der Waals surface area contributed by atoms with Gasteiger partial charge in [-0.25, -0.2) is 4.98 Å². The third-order valence-electron chi connectivity index (χ3n) is 3.31. The minimum Gasteiger partial charge on any atom is -0.301 e. The van der Waals surface area contributed by atoms with Gasteiger partial charge in [0.1, 0.15) is 5.82 Å². The number of thiazole rings is 1. The van der Waals surface area contributed by atoms with Gasteiger partial charge in [0.25, 0.3) is 0 Å². The maximum Gasteiger partial charge on any atom is 0.239 e. The molecule has 0 aliphatic carbocycles. The van der Waals surface area contributed by atoms with Crippen LogP contribution in [0.15, 0.2) is 40.9 Å². The monoisotopic (exact) mass is 359 g/mol. The van der Waals surface area contributed by atoms with E-state index in [0.29, 0.717) is 10.3 Å². The van der Waals surface area contributed by atoms with Crippen LogP contribution in [0, 0.1) is 13.8 Å². The number of hydrogen-bond acceptors (Lipinski definition) is 6. The summed E-state index contributed by atoms with van der Waals surface area (Å²) >= 11 is 2.79. The first-order valence-corrected chi connectivity index (χ1v) is 9.17. The van der Waals surface area contributed by atoms with Gasteiger partial charge in [-0.2, -0.15) is 0 Å². The zero-order chi connectivity index (χ0) is 17.1. The van der Waals surface area contributed by atoms with Crippen molar-refractivity contribution in [1.29, 1.82) is 0 Å². The second kappa shape index (κ2) is 7.14. The minimum atomic E-state index is -0.319. The van der Waals surface area contributed by atoms with Crippen LogP contribution in [0.1, 0.15) is 18.4 Å². The first kappa shape index (κ1) is 16.7. The van der Waals surface area contributed by atoms with Crippen molar-refractivity contribution in [1.82, 2.24) is 19.7 Å². The molecule has 2 heterocycles. The first-order valence-electron chi connectivity index (χ1n) is 7.41. The van der Waals surface area contributed by atoms with Crippen molar-refractivity contribution in [2.24, 2.45) is 0 Å². The second-order valence-corrected chi connectivity index (χ2v) is 7.41. The number of benzene rings is 1. The Balaban J connectivity index is 1.75. The number of aryl methyl sites for hydroxylation is 2. The number of rotatable bonds is 5. The van der Waals surface area contributed by atoms with Crippen molar-refractivity contribution in [3.8, 4) is 5.69 Å². The van der Waals surface area contributed by atoms with Crippen molar-refractivity contribution in [2.45, 2.75) is 31.2 Å². The summed E-state index contributed by atoms with van der Waals surface area (Å²) in [4.78, 5) is 16.6. The molecule has 1 unspecified atom stereocenters. The summed E-state index contributed by atoms with van der Waals surface area (Å²) in [6.07, 6.45) is 0. The van der Waals surface area contributed by atoms with Crippen LogP contribution in [0.25, 0.3) is 5.69 Å². The van der Waals surface area contributed by atoms with E-state index >= 15 is 0 Å². The zero-order valence-corrected chi connectivity index (χ0v) is 15.2. The lowest BCUT2D eigenvalue weighted by Gasteiger charge is -2.12. The number of hydrogen-bond donors (Lipinski definition) is 1. The topological polar surface area (TPSA) is 72.7 Å². The molecule has 0 radical (unpaired) electrons. The summed E-state index contributed by atoms with van der Waals surface area (Å²) in [5, 5.41) is 14.1. The Hall–Kier alpha value is -2.19. The zero-order valence-electron chi connectivity index (χ0n) is 13.6. The van der Waals surface area contributed by atoms with E-state index in [0.717, 1.165) is 17.2 Å². The fourth-order valence-corrected chi connectivity index (χ4v) is 3.73. The van der Waals surface area contributed by atoms with Gasteiger partial charge >= 0.3 is 0 Å². The van der Waals surface area contributed by atoms with Crippen LogP contribution in [-0.2, 0) is 4.79 Å². The molecule has 1 atom stereocenters. The third-order valence-corrected chi connectivity index (χ3v) is 5.23. The molecule has 0 spiro atoms. The second-order valence-electron chi connectivity index (χ2n) is 5.24. The van der Waals surface area contributed by atoms with Crippen LogP contribution in [0.3, 0.4) is 0 Å². The van der Waals surface area contributed by atoms with Gasteiger partial charge in [-0.15, -0.1) is 21.5 Å². The Bertz CT molecular complexity index is 843. The van der Waals surface area contributed by atoms with E-state index < -0.39 is 0 Å². The molecule has 3 rings (SSSR count). The molecule has 0 aliphatic rings. The van der Waals surface area contributed by atoms with E-state index in [9.17, 15) is 4.79 Å². The summed E-state index contributed by atoms with van der Waals surface area (Å²) < 4.78 is 1.95. The number of aromatic nitrogens is 4. The van der Waals surface area contributed by atoms with Crippen LogP contribution in [-0.4, -0.2) is 30.9 Å². The predicted octanol–water partition coefficient (Wildman–Crippen LogP) is 3.46. The highest BCUT2D eigenvalue weighted by atomic mass is 32.2. The average molecular weight is 359 g/mol. The van der Waals surface area contributed by atoms with E-state index in [2.05, 4.69) is 20.5 Å². The maximum atomic E-state index is 12.4. The van der Waals surface area contributed by atoms with Crippen LogP contribution in [0.5, 0.6) is 0 Å². The lowest BCUT2D eigenvalue weighted by atomic mass is 10.3. The van der Waals surface area contributed by atoms with E-state index in [-0.39, 0.29) is 11.2 Å². The molecule has 3 aromatic rings. The summed E-state index contributed by atoms with van der Waals surface area (Å²) in [6.45, 7) is 5.64. The molecule has 1 amide bonds. The average Bonchev–Trinajstić information content (AvgIpc) is 3.14. The molecular weight excluding hydrogens is 342 g/mol. The quantitative estimate of drug-likeness (QED) is 0.706. The molecule has 1 N–H and O–H groups in total. The van der Waals surface area contributed by atoms with Crippen molar-refractivity contribution in [3.63, 3.8) is 0 Å². The number of carbonyl (C=O) groups excluding carboxylic acids is 1. The smallest absolute Gasteiger partial charge is 0.239 e. The highest BCUT2D eigenvalue weighted by molar-refractivity contribution is 8.00. The SMILES string of the molecule is Cc1csc(NC(=O)C(C)Sc2nnc(C)n2-c2ccccc2)n1. The molecule has 0 saturated heterocycles. The molecule has 1 aromatic carbocycles. The van der Waals surface area contributed by atoms with E-state index in [4.69, 9.17) is 0 Å². The summed E-state index contributed by atoms with van der Waals surface area (Å²) in [5.41, 5.74) is 1.88. The Kier molecular flexibility index (Phi) is 4.96. The first-order chi connectivity index (χ1) is 11.5. The number of amides is 1. The molecule has 24 heavy (non-hydrogen) atoms. The Morgan fingerprint density at radius 3 is 2.67 bits per heavy atom. The molecule has 2 aromatic heterocycles. The van der Waals surface area contributed by atoms with Gasteiger partial charge in [-0.3, -0.25) is 9.36 Å². The fourth-order valence-electron chi connectivity index (χ4n) is 2.12.